The third-order valence-electron chi connectivity index (χ3n) is 5.02. The molecular formula is C23H27N5O4S. The molecule has 0 saturated carbocycles. The van der Waals surface area contributed by atoms with E-state index in [1.54, 1.807) is 36.4 Å². The standard InChI is InChI=1S/C23H27N5O4S/c1-15(29)26-20-13-16(22(30)27-18(8-11-33-3)23(31)32-2)12-19-21(20)28(14-25-19)10-7-17-6-4-5-9-24-17/h4-6,9,12-14,18H,7-8,10-11H2,1-3H3,(H,26,29)(H,27,30). The Morgan fingerprint density at radius 2 is 2.03 bits per heavy atom. The van der Waals surface area contributed by atoms with Crippen LogP contribution < -0.4 is 10.6 Å². The van der Waals surface area contributed by atoms with Crippen molar-refractivity contribution >= 4 is 46.3 Å². The predicted octanol–water partition coefficient (Wildman–Crippen LogP) is 2.66. The van der Waals surface area contributed by atoms with E-state index >= 15 is 0 Å². The molecule has 0 aliphatic rings. The van der Waals surface area contributed by atoms with Crippen LogP contribution in [0.4, 0.5) is 5.69 Å². The summed E-state index contributed by atoms with van der Waals surface area (Å²) in [5.41, 5.74) is 2.98. The maximum Gasteiger partial charge on any atom is 0.328 e. The quantitative estimate of drug-likeness (QED) is 0.439. The van der Waals surface area contributed by atoms with Gasteiger partial charge in [0.05, 0.1) is 30.2 Å². The number of rotatable bonds is 10. The number of nitrogens with one attached hydrogen (secondary N) is 2. The van der Waals surface area contributed by atoms with Gasteiger partial charge in [-0.3, -0.25) is 14.6 Å². The van der Waals surface area contributed by atoms with Crippen molar-refractivity contribution in [2.45, 2.75) is 32.4 Å². The molecule has 2 aromatic heterocycles. The molecule has 3 aromatic rings. The van der Waals surface area contributed by atoms with Gasteiger partial charge in [0.25, 0.3) is 5.91 Å². The molecule has 9 nitrogen and oxygen atoms in total. The third kappa shape index (κ3) is 6.32. The smallest absolute Gasteiger partial charge is 0.328 e. The maximum absolute atomic E-state index is 13.0. The molecule has 174 valence electrons. The number of hydrogen-bond donors (Lipinski definition) is 2. The van der Waals surface area contributed by atoms with E-state index in [0.717, 1.165) is 5.69 Å². The Kier molecular flexibility index (Phi) is 8.42. The Labute approximate surface area is 196 Å². The van der Waals surface area contributed by atoms with E-state index < -0.39 is 17.9 Å². The number of carbonyl (C=O) groups excluding carboxylic acids is 3. The number of thioether (sulfide) groups is 1. The van der Waals surface area contributed by atoms with Gasteiger partial charge in [0.15, 0.2) is 0 Å². The number of carbonyl (C=O) groups is 3. The highest BCUT2D eigenvalue weighted by Crippen LogP contribution is 2.26. The number of methoxy groups -OCH3 is 1. The van der Waals surface area contributed by atoms with Crippen molar-refractivity contribution in [3.63, 3.8) is 0 Å². The Morgan fingerprint density at radius 3 is 2.70 bits per heavy atom. The Hall–Kier alpha value is -3.40. The average molecular weight is 470 g/mol. The highest BCUT2D eigenvalue weighted by molar-refractivity contribution is 7.98. The number of esters is 1. The highest BCUT2D eigenvalue weighted by Gasteiger charge is 2.23. The fraction of sp³-hybridized carbons (Fsp3) is 0.348. The largest absolute Gasteiger partial charge is 0.467 e. The zero-order valence-corrected chi connectivity index (χ0v) is 19.6. The molecule has 1 unspecified atom stereocenters. The fourth-order valence-corrected chi connectivity index (χ4v) is 3.92. The third-order valence-corrected chi connectivity index (χ3v) is 5.67. The van der Waals surface area contributed by atoms with Gasteiger partial charge in [-0.25, -0.2) is 9.78 Å². The number of anilines is 1. The summed E-state index contributed by atoms with van der Waals surface area (Å²) in [7, 11) is 1.29. The van der Waals surface area contributed by atoms with Crippen LogP contribution >= 0.6 is 11.8 Å². The normalized spacial score (nSPS) is 11.7. The molecule has 33 heavy (non-hydrogen) atoms. The van der Waals surface area contributed by atoms with E-state index in [0.29, 0.717) is 47.4 Å². The van der Waals surface area contributed by atoms with E-state index in [1.807, 2.05) is 29.0 Å². The van der Waals surface area contributed by atoms with E-state index in [4.69, 9.17) is 4.74 Å². The molecule has 1 atom stereocenters. The van der Waals surface area contributed by atoms with Gasteiger partial charge in [0.1, 0.15) is 6.04 Å². The molecule has 0 aliphatic carbocycles. The van der Waals surface area contributed by atoms with Crippen molar-refractivity contribution in [2.24, 2.45) is 0 Å². The molecule has 2 N–H and O–H groups in total. The van der Waals surface area contributed by atoms with Crippen LogP contribution in [-0.2, 0) is 27.3 Å². The first-order valence-electron chi connectivity index (χ1n) is 10.5. The maximum atomic E-state index is 13.0. The molecule has 2 heterocycles. The summed E-state index contributed by atoms with van der Waals surface area (Å²) in [6.45, 7) is 2.01. The van der Waals surface area contributed by atoms with Crippen molar-refractivity contribution in [2.75, 3.05) is 24.4 Å². The fourth-order valence-electron chi connectivity index (χ4n) is 3.44. The van der Waals surface area contributed by atoms with Crippen molar-refractivity contribution in [3.8, 4) is 0 Å². The summed E-state index contributed by atoms with van der Waals surface area (Å²) < 4.78 is 6.74. The lowest BCUT2D eigenvalue weighted by Crippen LogP contribution is -2.42. The predicted molar refractivity (Wildman–Crippen MR) is 128 cm³/mol. The number of pyridine rings is 1. The topological polar surface area (TPSA) is 115 Å². The second-order valence-electron chi connectivity index (χ2n) is 7.41. The van der Waals surface area contributed by atoms with Gasteiger partial charge in [0.2, 0.25) is 5.91 Å². The molecule has 1 aromatic carbocycles. The lowest BCUT2D eigenvalue weighted by Gasteiger charge is -2.17. The van der Waals surface area contributed by atoms with Gasteiger partial charge in [-0.15, -0.1) is 0 Å². The first-order chi connectivity index (χ1) is 15.9. The number of ether oxygens (including phenoxy) is 1. The molecule has 0 radical (unpaired) electrons. The van der Waals surface area contributed by atoms with Crippen LogP contribution in [0.5, 0.6) is 0 Å². The van der Waals surface area contributed by atoms with Crippen LogP contribution in [0.25, 0.3) is 11.0 Å². The second-order valence-corrected chi connectivity index (χ2v) is 8.40. The minimum atomic E-state index is -0.759. The van der Waals surface area contributed by atoms with Gasteiger partial charge in [-0.1, -0.05) is 6.07 Å². The van der Waals surface area contributed by atoms with Gasteiger partial charge < -0.3 is 19.9 Å². The summed E-state index contributed by atoms with van der Waals surface area (Å²) in [6, 6.07) is 8.24. The summed E-state index contributed by atoms with van der Waals surface area (Å²) in [5, 5.41) is 5.53. The summed E-state index contributed by atoms with van der Waals surface area (Å²) in [4.78, 5) is 45.7. The van der Waals surface area contributed by atoms with Crippen LogP contribution in [0.15, 0.2) is 42.9 Å². The van der Waals surface area contributed by atoms with Crippen molar-refractivity contribution in [1.29, 1.82) is 0 Å². The minimum absolute atomic E-state index is 0.265. The van der Waals surface area contributed by atoms with Crippen LogP contribution in [-0.4, -0.2) is 57.5 Å². The molecule has 3 rings (SSSR count). The first kappa shape index (κ1) is 24.2. The number of nitrogens with zero attached hydrogens (tertiary/aromatic N) is 3. The lowest BCUT2D eigenvalue weighted by molar-refractivity contribution is -0.142. The van der Waals surface area contributed by atoms with E-state index in [9.17, 15) is 14.4 Å². The van der Waals surface area contributed by atoms with E-state index in [-0.39, 0.29) is 5.91 Å². The average Bonchev–Trinajstić information content (AvgIpc) is 3.23. The summed E-state index contributed by atoms with van der Waals surface area (Å²) >= 11 is 1.57. The molecule has 0 spiro atoms. The van der Waals surface area contributed by atoms with Crippen LogP contribution in [0, 0.1) is 0 Å². The van der Waals surface area contributed by atoms with Crippen molar-refractivity contribution in [3.05, 3.63) is 54.1 Å². The Bertz CT molecular complexity index is 1130. The molecule has 0 saturated heterocycles. The number of imidazole rings is 1. The highest BCUT2D eigenvalue weighted by atomic mass is 32.2. The molecular weight excluding hydrogens is 442 g/mol. The minimum Gasteiger partial charge on any atom is -0.467 e. The second kappa shape index (κ2) is 11.5. The molecule has 10 heteroatoms. The number of aromatic nitrogens is 3. The summed E-state index contributed by atoms with van der Waals surface area (Å²) in [5.74, 6) is -0.516. The number of benzene rings is 1. The zero-order valence-electron chi connectivity index (χ0n) is 18.8. The molecule has 0 aliphatic heterocycles. The Morgan fingerprint density at radius 1 is 1.21 bits per heavy atom. The van der Waals surface area contributed by atoms with Crippen LogP contribution in [0.2, 0.25) is 0 Å². The molecule has 0 bridgehead atoms. The van der Waals surface area contributed by atoms with E-state index in [1.165, 1.54) is 14.0 Å². The van der Waals surface area contributed by atoms with Crippen molar-refractivity contribution < 1.29 is 19.1 Å². The SMILES string of the molecule is COC(=O)C(CCSC)NC(=O)c1cc(NC(C)=O)c2c(c1)ncn2CCc1ccccn1. The number of fused-ring (bicyclic) bond motifs is 1. The van der Waals surface area contributed by atoms with Gasteiger partial charge in [-0.05, 0) is 42.7 Å². The zero-order chi connectivity index (χ0) is 23.8. The van der Waals surface area contributed by atoms with Crippen molar-refractivity contribution in [1.82, 2.24) is 19.9 Å². The molecule has 2 amide bonds. The number of hydrogen-bond acceptors (Lipinski definition) is 7. The van der Waals surface area contributed by atoms with Crippen LogP contribution in [0.1, 0.15) is 29.4 Å². The summed E-state index contributed by atoms with van der Waals surface area (Å²) in [6.07, 6.45) is 6.48. The monoisotopic (exact) mass is 469 g/mol. The Balaban J connectivity index is 1.89. The first-order valence-corrected chi connectivity index (χ1v) is 11.9. The van der Waals surface area contributed by atoms with Crippen LogP contribution in [0.3, 0.4) is 0 Å². The number of amides is 2. The van der Waals surface area contributed by atoms with Gasteiger partial charge in [0, 0.05) is 37.3 Å². The molecule has 0 fully saturated rings. The van der Waals surface area contributed by atoms with Gasteiger partial charge in [-0.2, -0.15) is 11.8 Å². The lowest BCUT2D eigenvalue weighted by atomic mass is 10.1. The van der Waals surface area contributed by atoms with E-state index in [2.05, 4.69) is 20.6 Å². The van der Waals surface area contributed by atoms with Gasteiger partial charge >= 0.3 is 5.97 Å². The number of aryl methyl sites for hydroxylation is 2.